The number of fused-ring (bicyclic) bond motifs is 3. The molecular weight excluding hydrogens is 438 g/mol. The van der Waals surface area contributed by atoms with Gasteiger partial charge < -0.3 is 24.4 Å². The summed E-state index contributed by atoms with van der Waals surface area (Å²) in [5.41, 5.74) is 3.59. The molecule has 1 aromatic heterocycles. The molecule has 1 atom stereocenters. The fourth-order valence-corrected chi connectivity index (χ4v) is 4.72. The number of aryl methyl sites for hydroxylation is 1. The lowest BCUT2D eigenvalue weighted by Gasteiger charge is -2.34. The van der Waals surface area contributed by atoms with Crippen molar-refractivity contribution in [2.24, 2.45) is 0 Å². The Morgan fingerprint density at radius 2 is 1.82 bits per heavy atom. The average Bonchev–Trinajstić information content (AvgIpc) is 3.46. The highest BCUT2D eigenvalue weighted by Crippen LogP contribution is 2.44. The second-order valence-corrected chi connectivity index (χ2v) is 8.59. The normalized spacial score (nSPS) is 19.3. The summed E-state index contributed by atoms with van der Waals surface area (Å²) >= 11 is 0. The number of rotatable bonds is 7. The summed E-state index contributed by atoms with van der Waals surface area (Å²) in [5, 5.41) is 15.8. The number of hydrogen-bond donors (Lipinski definition) is 2. The number of ether oxygens (including phenoxy) is 2. The molecule has 0 saturated carbocycles. The van der Waals surface area contributed by atoms with E-state index in [0.717, 1.165) is 22.3 Å². The Hall–Kier alpha value is -3.72. The standard InChI is InChI=1S/C25H25N3O6/c29-22(30)11-10-21-26-23(28-34-21)25(12-5-13-32-15-25)27-24(31)33-14-20-18-8-3-1-6-16(18)17-7-2-4-9-19(17)20/h1-4,6-9,20H,5,10-15H2,(H,27,31)(H,29,30). The molecule has 3 aromatic rings. The number of hydrogen-bond acceptors (Lipinski definition) is 7. The van der Waals surface area contributed by atoms with Crippen molar-refractivity contribution in [3.05, 3.63) is 71.4 Å². The lowest BCUT2D eigenvalue weighted by Crippen LogP contribution is -2.52. The predicted molar refractivity (Wildman–Crippen MR) is 120 cm³/mol. The van der Waals surface area contributed by atoms with E-state index in [-0.39, 0.29) is 43.7 Å². The summed E-state index contributed by atoms with van der Waals surface area (Å²) < 4.78 is 16.6. The second kappa shape index (κ2) is 9.26. The quantitative estimate of drug-likeness (QED) is 0.544. The van der Waals surface area contributed by atoms with E-state index in [4.69, 9.17) is 19.1 Å². The third-order valence-electron chi connectivity index (χ3n) is 6.37. The Morgan fingerprint density at radius 3 is 2.47 bits per heavy atom. The Kier molecular flexibility index (Phi) is 6.02. The first-order chi connectivity index (χ1) is 16.6. The zero-order chi connectivity index (χ0) is 23.5. The molecule has 2 heterocycles. The van der Waals surface area contributed by atoms with Crippen LogP contribution in [0.25, 0.3) is 11.1 Å². The van der Waals surface area contributed by atoms with Gasteiger partial charge in [0.2, 0.25) is 5.89 Å². The molecule has 0 bridgehead atoms. The average molecular weight is 463 g/mol. The van der Waals surface area contributed by atoms with Crippen LogP contribution in [0.1, 0.15) is 48.0 Å². The highest BCUT2D eigenvalue weighted by Gasteiger charge is 2.42. The Labute approximate surface area is 196 Å². The number of carbonyl (C=O) groups excluding carboxylic acids is 1. The molecule has 0 spiro atoms. The first kappa shape index (κ1) is 22.1. The molecule has 2 N–H and O–H groups in total. The smallest absolute Gasteiger partial charge is 0.408 e. The second-order valence-electron chi connectivity index (χ2n) is 8.59. The number of carbonyl (C=O) groups is 2. The maximum atomic E-state index is 12.9. The molecule has 1 fully saturated rings. The largest absolute Gasteiger partial charge is 0.481 e. The number of carboxylic acid groups (broad SMARTS) is 1. The predicted octanol–water partition coefficient (Wildman–Crippen LogP) is 3.63. The zero-order valence-corrected chi connectivity index (χ0v) is 18.5. The zero-order valence-electron chi connectivity index (χ0n) is 18.5. The van der Waals surface area contributed by atoms with E-state index in [0.29, 0.717) is 19.4 Å². The molecule has 1 saturated heterocycles. The third-order valence-corrected chi connectivity index (χ3v) is 6.37. The maximum absolute atomic E-state index is 12.9. The van der Waals surface area contributed by atoms with Gasteiger partial charge in [0.15, 0.2) is 5.82 Å². The number of aromatic nitrogens is 2. The van der Waals surface area contributed by atoms with Crippen LogP contribution in [-0.2, 0) is 26.2 Å². The Bertz CT molecular complexity index is 1160. The van der Waals surface area contributed by atoms with Crippen LogP contribution in [0, 0.1) is 0 Å². The first-order valence-electron chi connectivity index (χ1n) is 11.3. The van der Waals surface area contributed by atoms with E-state index in [1.165, 1.54) is 0 Å². The van der Waals surface area contributed by atoms with Gasteiger partial charge in [-0.3, -0.25) is 4.79 Å². The number of amides is 1. The number of benzene rings is 2. The SMILES string of the molecule is O=C(O)CCc1nc(C2(NC(=O)OCC3c4ccccc4-c4ccccc43)CCCOC2)no1. The van der Waals surface area contributed by atoms with Gasteiger partial charge in [0, 0.05) is 18.9 Å². The minimum absolute atomic E-state index is 0.0514. The molecule has 0 radical (unpaired) electrons. The van der Waals surface area contributed by atoms with E-state index >= 15 is 0 Å². The minimum atomic E-state index is -0.994. The van der Waals surface area contributed by atoms with Crippen molar-refractivity contribution >= 4 is 12.1 Å². The van der Waals surface area contributed by atoms with Gasteiger partial charge in [-0.05, 0) is 35.1 Å². The van der Waals surface area contributed by atoms with Crippen LogP contribution in [0.5, 0.6) is 0 Å². The molecule has 9 nitrogen and oxygen atoms in total. The monoisotopic (exact) mass is 463 g/mol. The van der Waals surface area contributed by atoms with Gasteiger partial charge in [0.1, 0.15) is 12.1 Å². The molecular formula is C25H25N3O6. The van der Waals surface area contributed by atoms with E-state index in [1.54, 1.807) is 0 Å². The molecule has 34 heavy (non-hydrogen) atoms. The van der Waals surface area contributed by atoms with Gasteiger partial charge in [0.05, 0.1) is 13.0 Å². The van der Waals surface area contributed by atoms with Crippen molar-refractivity contribution in [3.63, 3.8) is 0 Å². The fraction of sp³-hybridized carbons (Fsp3) is 0.360. The minimum Gasteiger partial charge on any atom is -0.481 e. The van der Waals surface area contributed by atoms with Crippen molar-refractivity contribution in [3.8, 4) is 11.1 Å². The van der Waals surface area contributed by atoms with Crippen molar-refractivity contribution in [1.82, 2.24) is 15.5 Å². The molecule has 176 valence electrons. The van der Waals surface area contributed by atoms with Gasteiger partial charge in [-0.2, -0.15) is 4.98 Å². The van der Waals surface area contributed by atoms with Crippen molar-refractivity contribution < 1.29 is 28.7 Å². The summed E-state index contributed by atoms with van der Waals surface area (Å²) in [6.07, 6.45) is 0.650. The first-order valence-corrected chi connectivity index (χ1v) is 11.3. The highest BCUT2D eigenvalue weighted by molar-refractivity contribution is 5.79. The number of nitrogens with zero attached hydrogens (tertiary/aromatic N) is 2. The van der Waals surface area contributed by atoms with Crippen LogP contribution in [0.4, 0.5) is 4.79 Å². The lowest BCUT2D eigenvalue weighted by molar-refractivity contribution is -0.137. The third kappa shape index (κ3) is 4.26. The van der Waals surface area contributed by atoms with Crippen LogP contribution in [0.15, 0.2) is 53.1 Å². The van der Waals surface area contributed by atoms with Gasteiger partial charge >= 0.3 is 12.1 Å². The van der Waals surface area contributed by atoms with Crippen LogP contribution < -0.4 is 5.32 Å². The van der Waals surface area contributed by atoms with Crippen LogP contribution in [0.2, 0.25) is 0 Å². The van der Waals surface area contributed by atoms with Crippen molar-refractivity contribution in [1.29, 1.82) is 0 Å². The molecule has 1 unspecified atom stereocenters. The van der Waals surface area contributed by atoms with E-state index in [9.17, 15) is 9.59 Å². The molecule has 9 heteroatoms. The summed E-state index contributed by atoms with van der Waals surface area (Å²) in [6, 6.07) is 16.3. The number of nitrogens with one attached hydrogen (secondary N) is 1. The molecule has 2 aliphatic rings. The summed E-state index contributed by atoms with van der Waals surface area (Å²) in [6.45, 7) is 0.930. The van der Waals surface area contributed by atoms with Crippen LogP contribution in [0.3, 0.4) is 0 Å². The van der Waals surface area contributed by atoms with Gasteiger partial charge in [-0.15, -0.1) is 0 Å². The maximum Gasteiger partial charge on any atom is 0.408 e. The highest BCUT2D eigenvalue weighted by atomic mass is 16.6. The summed E-state index contributed by atoms with van der Waals surface area (Å²) in [7, 11) is 0. The lowest BCUT2D eigenvalue weighted by atomic mass is 9.91. The van der Waals surface area contributed by atoms with Gasteiger partial charge in [0.25, 0.3) is 0 Å². The Morgan fingerprint density at radius 1 is 1.12 bits per heavy atom. The number of aliphatic carboxylic acids is 1. The number of carboxylic acids is 1. The molecule has 2 aromatic carbocycles. The topological polar surface area (TPSA) is 124 Å². The van der Waals surface area contributed by atoms with Crippen LogP contribution >= 0.6 is 0 Å². The van der Waals surface area contributed by atoms with Crippen molar-refractivity contribution in [2.75, 3.05) is 19.8 Å². The molecule has 1 aliphatic heterocycles. The van der Waals surface area contributed by atoms with Gasteiger partial charge in [-0.25, -0.2) is 4.79 Å². The summed E-state index contributed by atoms with van der Waals surface area (Å²) in [4.78, 5) is 28.1. The van der Waals surface area contributed by atoms with Crippen molar-refractivity contribution in [2.45, 2.75) is 37.1 Å². The fourth-order valence-electron chi connectivity index (χ4n) is 4.72. The summed E-state index contributed by atoms with van der Waals surface area (Å²) in [5.74, 6) is -0.533. The van der Waals surface area contributed by atoms with E-state index in [1.807, 2.05) is 24.3 Å². The molecule has 5 rings (SSSR count). The molecule has 1 aliphatic carbocycles. The van der Waals surface area contributed by atoms with E-state index < -0.39 is 17.6 Å². The van der Waals surface area contributed by atoms with E-state index in [2.05, 4.69) is 39.7 Å². The Balaban J connectivity index is 1.30. The van der Waals surface area contributed by atoms with Gasteiger partial charge in [-0.1, -0.05) is 53.7 Å². The number of alkyl carbamates (subject to hydrolysis) is 1. The van der Waals surface area contributed by atoms with Crippen LogP contribution in [-0.4, -0.2) is 47.1 Å². The molecule has 1 amide bonds.